The van der Waals surface area contributed by atoms with Crippen LogP contribution >= 0.6 is 0 Å². The molecule has 1 aromatic carbocycles. The molecule has 0 aliphatic rings. The number of hydrogen-bond donors (Lipinski definition) is 0. The number of rotatable bonds is 0. The topological polar surface area (TPSA) is 0 Å². The van der Waals surface area contributed by atoms with Gasteiger partial charge in [-0.15, -0.1) is 0 Å². The molecule has 0 aliphatic heterocycles. The van der Waals surface area contributed by atoms with E-state index in [0.717, 1.165) is 12.1 Å². The van der Waals surface area contributed by atoms with Crippen molar-refractivity contribution < 1.29 is 13.2 Å². The molecular formula is C6H3F3K. The zero-order chi connectivity index (χ0) is 6.85. The normalized spacial score (nSPS) is 8.70. The first-order valence-electron chi connectivity index (χ1n) is 2.22. The summed E-state index contributed by atoms with van der Waals surface area (Å²) in [7, 11) is 0. The van der Waals surface area contributed by atoms with E-state index < -0.39 is 17.5 Å². The first-order valence-corrected chi connectivity index (χ1v) is 2.22. The van der Waals surface area contributed by atoms with Crippen molar-refractivity contribution in [1.82, 2.24) is 0 Å². The van der Waals surface area contributed by atoms with Gasteiger partial charge in [0, 0.05) is 0 Å². The zero-order valence-corrected chi connectivity index (χ0v) is 4.29. The molecule has 0 unspecified atom stereocenters. The third-order valence-corrected chi connectivity index (χ3v) is 0.839. The average molecular weight is 171 g/mol. The monoisotopic (exact) mass is 171 g/mol. The van der Waals surface area contributed by atoms with Gasteiger partial charge in [0.25, 0.3) is 0 Å². The molecule has 1 radical (unpaired) electrons. The maximum atomic E-state index is 12.0. The van der Waals surface area contributed by atoms with Crippen molar-refractivity contribution in [3.63, 3.8) is 0 Å². The fourth-order valence-electron chi connectivity index (χ4n) is 0.429. The first-order chi connectivity index (χ1) is 4.22. The second-order valence-corrected chi connectivity index (χ2v) is 1.47. The molecule has 0 aliphatic carbocycles. The van der Waals surface area contributed by atoms with Gasteiger partial charge in [0.1, 0.15) is 0 Å². The standard InChI is InChI=1S/C6H2F3.K.H/c7-4-2-1-3-5(8)6(4)9;;/h2-3H;;. The van der Waals surface area contributed by atoms with Crippen LogP contribution < -0.4 is 0 Å². The van der Waals surface area contributed by atoms with Crippen molar-refractivity contribution in [2.24, 2.45) is 0 Å². The molecule has 0 fully saturated rings. The van der Waals surface area contributed by atoms with Crippen LogP contribution in [0.4, 0.5) is 13.2 Å². The molecule has 0 saturated carbocycles. The van der Waals surface area contributed by atoms with E-state index in [4.69, 9.17) is 0 Å². The molecule has 0 amide bonds. The van der Waals surface area contributed by atoms with Crippen LogP contribution in [0.15, 0.2) is 12.1 Å². The molecule has 0 N–H and O–H groups in total. The zero-order valence-electron chi connectivity index (χ0n) is 4.29. The third-order valence-electron chi connectivity index (χ3n) is 0.839. The summed E-state index contributed by atoms with van der Waals surface area (Å²) in [5, 5.41) is 0. The second kappa shape index (κ2) is 4.51. The van der Waals surface area contributed by atoms with Crippen molar-refractivity contribution >= 4 is 51.4 Å². The Morgan fingerprint density at radius 2 is 1.40 bits per heavy atom. The van der Waals surface area contributed by atoms with E-state index in [1.807, 2.05) is 0 Å². The van der Waals surface area contributed by atoms with Gasteiger partial charge >= 0.3 is 51.4 Å². The van der Waals surface area contributed by atoms with Crippen LogP contribution in [-0.4, -0.2) is 51.4 Å². The molecule has 0 aromatic heterocycles. The third kappa shape index (κ3) is 2.36. The Morgan fingerprint density at radius 1 is 1.00 bits per heavy atom. The molecule has 0 nitrogen and oxygen atoms in total. The van der Waals surface area contributed by atoms with Gasteiger partial charge in [-0.2, -0.15) is 0 Å². The number of hydrogen-bond acceptors (Lipinski definition) is 0. The summed E-state index contributed by atoms with van der Waals surface area (Å²) in [4.78, 5) is 0. The van der Waals surface area contributed by atoms with Crippen LogP contribution in [0.1, 0.15) is 0 Å². The van der Waals surface area contributed by atoms with E-state index >= 15 is 0 Å². The summed E-state index contributed by atoms with van der Waals surface area (Å²) in [5.74, 6) is -3.88. The van der Waals surface area contributed by atoms with Gasteiger partial charge in [0.15, 0.2) is 17.5 Å². The Kier molecular flexibility index (Phi) is 4.80. The fourth-order valence-corrected chi connectivity index (χ4v) is 0.429. The van der Waals surface area contributed by atoms with Crippen molar-refractivity contribution in [2.75, 3.05) is 0 Å². The molecule has 0 bridgehead atoms. The molecule has 49 valence electrons. The Hall–Kier alpha value is 0.646. The maximum absolute atomic E-state index is 12.0. The summed E-state index contributed by atoms with van der Waals surface area (Å²) < 4.78 is 35.8. The molecule has 0 saturated heterocycles. The summed E-state index contributed by atoms with van der Waals surface area (Å²) in [6, 6.07) is 3.55. The van der Waals surface area contributed by atoms with Crippen LogP contribution in [0, 0.1) is 23.5 Å². The van der Waals surface area contributed by atoms with Gasteiger partial charge in [-0.25, -0.2) is 13.2 Å². The van der Waals surface area contributed by atoms with Crippen molar-refractivity contribution in [3.8, 4) is 0 Å². The Bertz CT molecular complexity index is 204. The molecular weight excluding hydrogens is 168 g/mol. The van der Waals surface area contributed by atoms with Crippen LogP contribution in [-0.2, 0) is 0 Å². The van der Waals surface area contributed by atoms with Gasteiger partial charge in [0.2, 0.25) is 0 Å². The SMILES string of the molecule is Fc1c[c]cc(F)c1F.[KH]. The average Bonchev–Trinajstić information content (AvgIpc) is 1.83. The Balaban J connectivity index is 0.000000810. The molecule has 4 heteroatoms. The summed E-state index contributed by atoms with van der Waals surface area (Å²) in [6.45, 7) is 0. The van der Waals surface area contributed by atoms with E-state index in [2.05, 4.69) is 6.07 Å². The molecule has 0 atom stereocenters. The van der Waals surface area contributed by atoms with Gasteiger partial charge in [-0.3, -0.25) is 0 Å². The molecule has 1 aromatic rings. The molecule has 0 spiro atoms. The molecule has 10 heavy (non-hydrogen) atoms. The van der Waals surface area contributed by atoms with Gasteiger partial charge in [-0.1, -0.05) is 0 Å². The van der Waals surface area contributed by atoms with E-state index in [0.29, 0.717) is 0 Å². The van der Waals surface area contributed by atoms with E-state index in [9.17, 15) is 13.2 Å². The van der Waals surface area contributed by atoms with Gasteiger partial charge in [0.05, 0.1) is 0 Å². The Morgan fingerprint density at radius 3 is 1.70 bits per heavy atom. The predicted molar refractivity (Wildman–Crippen MR) is 32.3 cm³/mol. The summed E-state index contributed by atoms with van der Waals surface area (Å²) in [5.41, 5.74) is 0. The van der Waals surface area contributed by atoms with Gasteiger partial charge < -0.3 is 0 Å². The minimum atomic E-state index is -1.45. The quantitative estimate of drug-likeness (QED) is 0.407. The minimum absolute atomic E-state index is 0. The first kappa shape index (κ1) is 10.6. The van der Waals surface area contributed by atoms with Crippen LogP contribution in [0.2, 0.25) is 0 Å². The predicted octanol–water partition coefficient (Wildman–Crippen LogP) is 1.26. The summed E-state index contributed by atoms with van der Waals surface area (Å²) in [6.07, 6.45) is 0. The van der Waals surface area contributed by atoms with Crippen LogP contribution in [0.5, 0.6) is 0 Å². The van der Waals surface area contributed by atoms with E-state index in [1.54, 1.807) is 0 Å². The fraction of sp³-hybridized carbons (Fsp3) is 0. The van der Waals surface area contributed by atoms with E-state index in [-0.39, 0.29) is 51.4 Å². The Labute approximate surface area is 98.9 Å². The van der Waals surface area contributed by atoms with Crippen LogP contribution in [0.3, 0.4) is 0 Å². The molecule has 0 heterocycles. The second-order valence-electron chi connectivity index (χ2n) is 1.47. The number of benzene rings is 1. The summed E-state index contributed by atoms with van der Waals surface area (Å²) >= 11 is 0. The molecule has 1 rings (SSSR count). The van der Waals surface area contributed by atoms with Crippen LogP contribution in [0.25, 0.3) is 0 Å². The van der Waals surface area contributed by atoms with Crippen molar-refractivity contribution in [3.05, 3.63) is 35.7 Å². The van der Waals surface area contributed by atoms with Gasteiger partial charge in [-0.05, 0) is 18.2 Å². The van der Waals surface area contributed by atoms with Crippen molar-refractivity contribution in [1.29, 1.82) is 0 Å². The van der Waals surface area contributed by atoms with E-state index in [1.165, 1.54) is 0 Å². The number of halogens is 3. The van der Waals surface area contributed by atoms with Crippen molar-refractivity contribution in [2.45, 2.75) is 0 Å².